The van der Waals surface area contributed by atoms with Crippen molar-refractivity contribution in [2.24, 2.45) is 0 Å². The first kappa shape index (κ1) is 16.8. The van der Waals surface area contributed by atoms with Gasteiger partial charge < -0.3 is 5.32 Å². The van der Waals surface area contributed by atoms with Gasteiger partial charge in [-0.05, 0) is 25.5 Å². The highest BCUT2D eigenvalue weighted by Gasteiger charge is 2.24. The van der Waals surface area contributed by atoms with E-state index >= 15 is 0 Å². The third-order valence-corrected chi connectivity index (χ3v) is 4.80. The molecule has 0 amide bonds. The van der Waals surface area contributed by atoms with E-state index in [4.69, 9.17) is 0 Å². The molecule has 1 unspecified atom stereocenters. The van der Waals surface area contributed by atoms with Crippen LogP contribution in [0.5, 0.6) is 0 Å². The summed E-state index contributed by atoms with van der Waals surface area (Å²) in [5.74, 6) is -0.0161. The minimum absolute atomic E-state index is 0. The maximum atomic E-state index is 12.1. The Morgan fingerprint density at radius 2 is 2.15 bits per heavy atom. The summed E-state index contributed by atoms with van der Waals surface area (Å²) >= 11 is 0. The van der Waals surface area contributed by atoms with Crippen LogP contribution in [0.15, 0.2) is 23.4 Å². The summed E-state index contributed by atoms with van der Waals surface area (Å²) in [5.41, 5.74) is -0.213. The van der Waals surface area contributed by atoms with Crippen molar-refractivity contribution in [3.63, 3.8) is 0 Å². The Morgan fingerprint density at radius 3 is 2.65 bits per heavy atom. The fraction of sp³-hybridized carbons (Fsp3) is 0.545. The van der Waals surface area contributed by atoms with E-state index in [0.717, 1.165) is 38.1 Å². The van der Waals surface area contributed by atoms with E-state index in [-0.39, 0.29) is 34.9 Å². The van der Waals surface area contributed by atoms with Gasteiger partial charge in [0.25, 0.3) is 5.69 Å². The Hall–Kier alpha value is -1.25. The molecule has 1 aromatic heterocycles. The summed E-state index contributed by atoms with van der Waals surface area (Å²) in [6.45, 7) is 0.827. The summed E-state index contributed by atoms with van der Waals surface area (Å²) < 4.78 is 24.2. The molecule has 1 atom stereocenters. The number of sulfone groups is 1. The van der Waals surface area contributed by atoms with Crippen LogP contribution in [0.2, 0.25) is 0 Å². The van der Waals surface area contributed by atoms with Crippen molar-refractivity contribution in [1.82, 2.24) is 10.3 Å². The van der Waals surface area contributed by atoms with Crippen molar-refractivity contribution in [2.45, 2.75) is 30.3 Å². The number of rotatable bonds is 4. The van der Waals surface area contributed by atoms with Gasteiger partial charge in [0.2, 0.25) is 0 Å². The lowest BCUT2D eigenvalue weighted by molar-refractivity contribution is -0.385. The van der Waals surface area contributed by atoms with E-state index in [1.165, 1.54) is 6.07 Å². The Labute approximate surface area is 123 Å². The van der Waals surface area contributed by atoms with Crippen LogP contribution < -0.4 is 5.32 Å². The van der Waals surface area contributed by atoms with E-state index in [1.54, 1.807) is 0 Å². The predicted octanol–water partition coefficient (Wildman–Crippen LogP) is 1.33. The second kappa shape index (κ2) is 6.96. The van der Waals surface area contributed by atoms with Crippen molar-refractivity contribution < 1.29 is 13.3 Å². The van der Waals surface area contributed by atoms with E-state index in [2.05, 4.69) is 10.3 Å². The van der Waals surface area contributed by atoms with Gasteiger partial charge >= 0.3 is 0 Å². The van der Waals surface area contributed by atoms with Crippen LogP contribution in [-0.4, -0.2) is 36.7 Å². The summed E-state index contributed by atoms with van der Waals surface area (Å²) in [4.78, 5) is 13.6. The Morgan fingerprint density at radius 1 is 1.40 bits per heavy atom. The summed E-state index contributed by atoms with van der Waals surface area (Å²) in [6, 6.07) is 2.29. The number of nitrogens with one attached hydrogen (secondary N) is 1. The third-order valence-electron chi connectivity index (χ3n) is 3.08. The standard InChI is InChI=1S/C11H15N3O4S.ClH/c15-14(16)10-4-5-11(13-7-10)19(17,18)8-9-3-1-2-6-12-9;/h4-5,7,9,12H,1-3,6,8H2;1H. The number of halogens is 1. The zero-order chi connectivity index (χ0) is 13.9. The lowest BCUT2D eigenvalue weighted by Gasteiger charge is -2.22. The van der Waals surface area contributed by atoms with Gasteiger partial charge in [0.05, 0.1) is 10.7 Å². The first-order chi connectivity index (χ1) is 8.99. The molecule has 20 heavy (non-hydrogen) atoms. The molecule has 1 N–H and O–H groups in total. The lowest BCUT2D eigenvalue weighted by Crippen LogP contribution is -2.39. The molecule has 7 nitrogen and oxygen atoms in total. The van der Waals surface area contributed by atoms with Crippen molar-refractivity contribution in [3.05, 3.63) is 28.4 Å². The number of nitro groups is 1. The molecule has 0 spiro atoms. The number of piperidine rings is 1. The Balaban J connectivity index is 0.00000200. The fourth-order valence-corrected chi connectivity index (χ4v) is 3.55. The van der Waals surface area contributed by atoms with Crippen molar-refractivity contribution >= 4 is 27.9 Å². The topological polar surface area (TPSA) is 102 Å². The van der Waals surface area contributed by atoms with Crippen LogP contribution in [0.3, 0.4) is 0 Å². The van der Waals surface area contributed by atoms with Crippen LogP contribution in [0.25, 0.3) is 0 Å². The molecule has 9 heteroatoms. The third kappa shape index (κ3) is 4.12. The highest BCUT2D eigenvalue weighted by atomic mass is 35.5. The minimum Gasteiger partial charge on any atom is -0.313 e. The van der Waals surface area contributed by atoms with Gasteiger partial charge in [0.1, 0.15) is 6.20 Å². The molecule has 0 saturated carbocycles. The summed E-state index contributed by atoms with van der Waals surface area (Å²) in [7, 11) is -3.50. The molecule has 0 aliphatic carbocycles. The zero-order valence-electron chi connectivity index (χ0n) is 10.7. The maximum absolute atomic E-state index is 12.1. The van der Waals surface area contributed by atoms with E-state index in [0.29, 0.717) is 0 Å². The van der Waals surface area contributed by atoms with Crippen molar-refractivity contribution in [2.75, 3.05) is 12.3 Å². The highest BCUT2D eigenvalue weighted by molar-refractivity contribution is 7.91. The van der Waals surface area contributed by atoms with Crippen LogP contribution in [0, 0.1) is 10.1 Å². The van der Waals surface area contributed by atoms with Crippen LogP contribution in [0.1, 0.15) is 19.3 Å². The van der Waals surface area contributed by atoms with Gasteiger partial charge in [0.15, 0.2) is 14.9 Å². The second-order valence-corrected chi connectivity index (χ2v) is 6.52. The molecule has 1 aliphatic heterocycles. The Kier molecular flexibility index (Phi) is 5.85. The first-order valence-electron chi connectivity index (χ1n) is 6.05. The van der Waals surface area contributed by atoms with E-state index in [9.17, 15) is 18.5 Å². The largest absolute Gasteiger partial charge is 0.313 e. The molecule has 0 bridgehead atoms. The molecule has 1 saturated heterocycles. The average Bonchev–Trinajstić information content (AvgIpc) is 2.39. The molecule has 0 aromatic carbocycles. The summed E-state index contributed by atoms with van der Waals surface area (Å²) in [6.07, 6.45) is 3.88. The zero-order valence-corrected chi connectivity index (χ0v) is 12.3. The van der Waals surface area contributed by atoms with E-state index in [1.807, 2.05) is 0 Å². The quantitative estimate of drug-likeness (QED) is 0.663. The molecule has 1 aromatic rings. The van der Waals surface area contributed by atoms with Gasteiger partial charge in [-0.2, -0.15) is 0 Å². The smallest absolute Gasteiger partial charge is 0.287 e. The molecule has 2 heterocycles. The predicted molar refractivity (Wildman–Crippen MR) is 75.8 cm³/mol. The van der Waals surface area contributed by atoms with Gasteiger partial charge in [-0.3, -0.25) is 10.1 Å². The van der Waals surface area contributed by atoms with Crippen LogP contribution >= 0.6 is 12.4 Å². The number of aromatic nitrogens is 1. The molecule has 2 rings (SSSR count). The SMILES string of the molecule is Cl.O=[N+]([O-])c1ccc(S(=O)(=O)CC2CCCCN2)nc1. The molecule has 0 radical (unpaired) electrons. The molecule has 1 fully saturated rings. The number of nitrogens with zero attached hydrogens (tertiary/aromatic N) is 2. The molecule has 1 aliphatic rings. The van der Waals surface area contributed by atoms with Gasteiger partial charge in [-0.25, -0.2) is 13.4 Å². The normalized spacial score (nSPS) is 19.1. The van der Waals surface area contributed by atoms with Gasteiger partial charge in [-0.1, -0.05) is 6.42 Å². The monoisotopic (exact) mass is 321 g/mol. The number of pyridine rings is 1. The molecular weight excluding hydrogens is 306 g/mol. The van der Waals surface area contributed by atoms with Crippen LogP contribution in [-0.2, 0) is 9.84 Å². The molecular formula is C11H16ClN3O4S. The minimum atomic E-state index is -3.50. The highest BCUT2D eigenvalue weighted by Crippen LogP contribution is 2.16. The maximum Gasteiger partial charge on any atom is 0.287 e. The Bertz CT molecular complexity index is 556. The van der Waals surface area contributed by atoms with Crippen molar-refractivity contribution in [3.8, 4) is 0 Å². The first-order valence-corrected chi connectivity index (χ1v) is 7.71. The van der Waals surface area contributed by atoms with Gasteiger partial charge in [0, 0.05) is 12.1 Å². The van der Waals surface area contributed by atoms with Crippen LogP contribution in [0.4, 0.5) is 5.69 Å². The van der Waals surface area contributed by atoms with Gasteiger partial charge in [-0.15, -0.1) is 12.4 Å². The fourth-order valence-electron chi connectivity index (χ4n) is 2.08. The number of hydrogen-bond acceptors (Lipinski definition) is 6. The summed E-state index contributed by atoms with van der Waals surface area (Å²) in [5, 5.41) is 13.5. The second-order valence-electron chi connectivity index (χ2n) is 4.54. The number of hydrogen-bond donors (Lipinski definition) is 1. The van der Waals surface area contributed by atoms with Crippen molar-refractivity contribution in [1.29, 1.82) is 0 Å². The molecule has 112 valence electrons. The lowest BCUT2D eigenvalue weighted by atomic mass is 10.1. The van der Waals surface area contributed by atoms with E-state index < -0.39 is 14.8 Å². The average molecular weight is 322 g/mol.